The summed E-state index contributed by atoms with van der Waals surface area (Å²) in [6.07, 6.45) is 2.67. The van der Waals surface area contributed by atoms with Crippen LogP contribution in [0, 0.1) is 0 Å². The monoisotopic (exact) mass is 481 g/mol. The molecule has 0 aliphatic carbocycles. The minimum absolute atomic E-state index is 0.109. The number of carbonyl (C=O) groups excluding carboxylic acids is 2. The number of hydrogen-bond acceptors (Lipinski definition) is 6. The van der Waals surface area contributed by atoms with E-state index in [4.69, 9.17) is 26.8 Å². The smallest absolute Gasteiger partial charge is 0.320 e. The predicted molar refractivity (Wildman–Crippen MR) is 129 cm³/mol. The van der Waals surface area contributed by atoms with Crippen LogP contribution in [0.25, 0.3) is 0 Å². The average Bonchev–Trinajstić information content (AvgIpc) is 3.18. The molecule has 2 unspecified atom stereocenters. The minimum atomic E-state index is -0.259. The third-order valence-electron chi connectivity index (χ3n) is 6.54. The number of anilines is 1. The number of carbonyl (C=O) groups is 2. The number of piperidine rings is 1. The Hall–Kier alpha value is -2.23. The molecule has 10 heteroatoms. The maximum atomic E-state index is 12.9. The fourth-order valence-electron chi connectivity index (χ4n) is 4.52. The normalized spacial score (nSPS) is 21.5. The van der Waals surface area contributed by atoms with Crippen LogP contribution < -0.4 is 15.8 Å². The standard InChI is InChI=1S/C23H36ClN5O4/c1-4-28-11-12-29(23(28)31)9-6-5-8-27-10-7-19(21(15-27)33-3)26-22(30)16-13-17(24)18(25)14-20(16)32-2/h13-14,19,21H,4-12,15,25H2,1-3H3,(H,26,30). The number of likely N-dealkylation sites (N-methyl/N-ethyl adjacent to an activating group) is 1. The van der Waals surface area contributed by atoms with Crippen molar-refractivity contribution in [1.82, 2.24) is 20.0 Å². The van der Waals surface area contributed by atoms with Crippen LogP contribution >= 0.6 is 11.6 Å². The van der Waals surface area contributed by atoms with Gasteiger partial charge in [-0.3, -0.25) is 4.79 Å². The number of nitrogens with zero attached hydrogens (tertiary/aromatic N) is 3. The fraction of sp³-hybridized carbons (Fsp3) is 0.652. The highest BCUT2D eigenvalue weighted by Gasteiger charge is 2.31. The average molecular weight is 482 g/mol. The molecule has 0 saturated carbocycles. The summed E-state index contributed by atoms with van der Waals surface area (Å²) < 4.78 is 11.0. The number of benzene rings is 1. The van der Waals surface area contributed by atoms with E-state index in [0.29, 0.717) is 22.0 Å². The van der Waals surface area contributed by atoms with Crippen LogP contribution in [0.4, 0.5) is 10.5 Å². The van der Waals surface area contributed by atoms with E-state index in [1.807, 2.05) is 16.7 Å². The van der Waals surface area contributed by atoms with Crippen LogP contribution in [0.2, 0.25) is 5.02 Å². The Bertz CT molecular complexity index is 839. The molecule has 3 amide bonds. The van der Waals surface area contributed by atoms with Crippen LogP contribution in [0.15, 0.2) is 12.1 Å². The topological polar surface area (TPSA) is 100 Å². The highest BCUT2D eigenvalue weighted by molar-refractivity contribution is 6.33. The van der Waals surface area contributed by atoms with Gasteiger partial charge in [-0.05, 0) is 38.8 Å². The maximum Gasteiger partial charge on any atom is 0.320 e. The van der Waals surface area contributed by atoms with Gasteiger partial charge >= 0.3 is 6.03 Å². The first kappa shape index (κ1) is 25.4. The maximum absolute atomic E-state index is 12.9. The second-order valence-corrected chi connectivity index (χ2v) is 8.98. The zero-order valence-corrected chi connectivity index (χ0v) is 20.6. The van der Waals surface area contributed by atoms with E-state index in [0.717, 1.165) is 65.1 Å². The zero-order valence-electron chi connectivity index (χ0n) is 19.8. The number of urea groups is 1. The molecule has 0 spiro atoms. The molecular formula is C23H36ClN5O4. The van der Waals surface area contributed by atoms with Crippen molar-refractivity contribution in [3.05, 3.63) is 22.7 Å². The Morgan fingerprint density at radius 3 is 2.58 bits per heavy atom. The lowest BCUT2D eigenvalue weighted by atomic mass is 10.0. The molecule has 2 heterocycles. The lowest BCUT2D eigenvalue weighted by Gasteiger charge is -2.38. The van der Waals surface area contributed by atoms with E-state index < -0.39 is 0 Å². The first-order valence-electron chi connectivity index (χ1n) is 11.6. The van der Waals surface area contributed by atoms with E-state index in [-0.39, 0.29) is 24.1 Å². The number of rotatable bonds is 10. The Morgan fingerprint density at radius 2 is 1.91 bits per heavy atom. The number of amides is 3. The number of nitrogen functional groups attached to an aromatic ring is 1. The Morgan fingerprint density at radius 1 is 1.18 bits per heavy atom. The minimum Gasteiger partial charge on any atom is -0.496 e. The van der Waals surface area contributed by atoms with Crippen molar-refractivity contribution >= 4 is 29.2 Å². The molecule has 9 nitrogen and oxygen atoms in total. The van der Waals surface area contributed by atoms with Crippen LogP contribution in [-0.4, -0.2) is 98.8 Å². The highest BCUT2D eigenvalue weighted by atomic mass is 35.5. The number of hydrogen-bond donors (Lipinski definition) is 2. The van der Waals surface area contributed by atoms with Crippen molar-refractivity contribution in [2.24, 2.45) is 0 Å². The summed E-state index contributed by atoms with van der Waals surface area (Å²) in [5.41, 5.74) is 6.54. The van der Waals surface area contributed by atoms with E-state index in [9.17, 15) is 9.59 Å². The van der Waals surface area contributed by atoms with Gasteiger partial charge in [-0.25, -0.2) is 4.79 Å². The molecule has 0 bridgehead atoms. The lowest BCUT2D eigenvalue weighted by Crippen LogP contribution is -2.55. The third-order valence-corrected chi connectivity index (χ3v) is 6.87. The van der Waals surface area contributed by atoms with Gasteiger partial charge < -0.3 is 35.2 Å². The van der Waals surface area contributed by atoms with Crippen molar-refractivity contribution in [1.29, 1.82) is 0 Å². The summed E-state index contributed by atoms with van der Waals surface area (Å²) >= 11 is 6.11. The van der Waals surface area contributed by atoms with Crippen molar-refractivity contribution in [3.63, 3.8) is 0 Å². The second-order valence-electron chi connectivity index (χ2n) is 8.57. The molecule has 0 aromatic heterocycles. The fourth-order valence-corrected chi connectivity index (χ4v) is 4.68. The summed E-state index contributed by atoms with van der Waals surface area (Å²) in [7, 11) is 3.17. The molecule has 2 fully saturated rings. The van der Waals surface area contributed by atoms with E-state index in [2.05, 4.69) is 10.2 Å². The van der Waals surface area contributed by atoms with Crippen LogP contribution in [0.1, 0.15) is 36.5 Å². The summed E-state index contributed by atoms with van der Waals surface area (Å²) in [6, 6.07) is 3.14. The van der Waals surface area contributed by atoms with E-state index >= 15 is 0 Å². The molecule has 33 heavy (non-hydrogen) atoms. The number of nitrogens with one attached hydrogen (secondary N) is 1. The Kier molecular flexibility index (Phi) is 9.05. The van der Waals surface area contributed by atoms with E-state index in [1.54, 1.807) is 13.2 Å². The molecule has 3 N–H and O–H groups in total. The van der Waals surface area contributed by atoms with Crippen LogP contribution in [0.3, 0.4) is 0 Å². The van der Waals surface area contributed by atoms with Gasteiger partial charge in [-0.15, -0.1) is 0 Å². The molecule has 2 saturated heterocycles. The highest BCUT2D eigenvalue weighted by Crippen LogP contribution is 2.29. The Labute approximate surface area is 201 Å². The molecule has 2 atom stereocenters. The molecule has 3 rings (SSSR count). The number of ether oxygens (including phenoxy) is 2. The second kappa shape index (κ2) is 11.8. The molecular weight excluding hydrogens is 446 g/mol. The van der Waals surface area contributed by atoms with Gasteiger partial charge in [0.25, 0.3) is 5.91 Å². The third kappa shape index (κ3) is 6.22. The van der Waals surface area contributed by atoms with Gasteiger partial charge in [0.2, 0.25) is 0 Å². The SMILES string of the molecule is CCN1CCN(CCCCN2CCC(NC(=O)c3cc(Cl)c(N)cc3OC)C(OC)C2)C1=O. The number of nitrogens with two attached hydrogens (primary N) is 1. The largest absolute Gasteiger partial charge is 0.496 e. The number of methoxy groups -OCH3 is 2. The molecule has 1 aromatic carbocycles. The number of halogens is 1. The summed E-state index contributed by atoms with van der Waals surface area (Å²) in [6.45, 7) is 7.82. The summed E-state index contributed by atoms with van der Waals surface area (Å²) in [5.74, 6) is 0.130. The van der Waals surface area contributed by atoms with Crippen molar-refractivity contribution in [2.45, 2.75) is 38.3 Å². The predicted octanol–water partition coefficient (Wildman–Crippen LogP) is 2.29. The van der Waals surface area contributed by atoms with Gasteiger partial charge in [0, 0.05) is 52.4 Å². The van der Waals surface area contributed by atoms with Crippen molar-refractivity contribution in [2.75, 3.05) is 65.8 Å². The molecule has 0 radical (unpaired) electrons. The van der Waals surface area contributed by atoms with Crippen LogP contribution in [-0.2, 0) is 4.74 Å². The quantitative estimate of drug-likeness (QED) is 0.393. The number of unbranched alkanes of at least 4 members (excludes halogenated alkanes) is 1. The Balaban J connectivity index is 1.46. The molecule has 2 aliphatic heterocycles. The van der Waals surface area contributed by atoms with Gasteiger partial charge in [-0.2, -0.15) is 0 Å². The first-order chi connectivity index (χ1) is 15.9. The molecule has 2 aliphatic rings. The van der Waals surface area contributed by atoms with E-state index in [1.165, 1.54) is 13.2 Å². The van der Waals surface area contributed by atoms with Gasteiger partial charge in [0.15, 0.2) is 0 Å². The molecule has 184 valence electrons. The van der Waals surface area contributed by atoms with Gasteiger partial charge in [0.05, 0.1) is 35.5 Å². The number of likely N-dealkylation sites (tertiary alicyclic amines) is 1. The summed E-state index contributed by atoms with van der Waals surface area (Å²) in [5, 5.41) is 3.39. The first-order valence-corrected chi connectivity index (χ1v) is 12.0. The van der Waals surface area contributed by atoms with Gasteiger partial charge in [0.1, 0.15) is 5.75 Å². The van der Waals surface area contributed by atoms with Crippen molar-refractivity contribution in [3.8, 4) is 5.75 Å². The molecule has 1 aromatic rings. The lowest BCUT2D eigenvalue weighted by molar-refractivity contribution is 0.00591. The zero-order chi connectivity index (χ0) is 24.0. The summed E-state index contributed by atoms with van der Waals surface area (Å²) in [4.78, 5) is 31.3. The van der Waals surface area contributed by atoms with Gasteiger partial charge in [-0.1, -0.05) is 11.6 Å². The van der Waals surface area contributed by atoms with Crippen LogP contribution in [0.5, 0.6) is 5.75 Å². The van der Waals surface area contributed by atoms with Crippen molar-refractivity contribution < 1.29 is 19.1 Å².